The highest BCUT2D eigenvalue weighted by molar-refractivity contribution is 9.10. The van der Waals surface area contributed by atoms with E-state index in [1.807, 2.05) is 25.3 Å². The predicted octanol–water partition coefficient (Wildman–Crippen LogP) is 1.91. The van der Waals surface area contributed by atoms with E-state index in [4.69, 9.17) is 5.11 Å². The number of aliphatic hydroxyl groups excluding tert-OH is 1. The summed E-state index contributed by atoms with van der Waals surface area (Å²) < 4.78 is 2.62. The van der Waals surface area contributed by atoms with Crippen molar-refractivity contribution in [1.82, 2.24) is 14.7 Å². The van der Waals surface area contributed by atoms with Crippen molar-refractivity contribution in [2.75, 3.05) is 6.61 Å². The lowest BCUT2D eigenvalue weighted by molar-refractivity contribution is 0.0908. The second-order valence-electron chi connectivity index (χ2n) is 4.38. The molecular formula is C13H16BrN3O2. The molecule has 102 valence electrons. The molecule has 0 aliphatic carbocycles. The number of amides is 1. The third kappa shape index (κ3) is 2.79. The number of fused-ring (bicyclic) bond motifs is 1. The van der Waals surface area contributed by atoms with Crippen LogP contribution in [0.5, 0.6) is 0 Å². The van der Waals surface area contributed by atoms with Crippen LogP contribution in [0.2, 0.25) is 0 Å². The maximum absolute atomic E-state index is 12.3. The molecule has 2 rings (SSSR count). The van der Waals surface area contributed by atoms with Crippen molar-refractivity contribution in [2.24, 2.45) is 0 Å². The number of nitrogens with zero attached hydrogens (tertiary/aromatic N) is 2. The number of halogens is 1. The Morgan fingerprint density at radius 2 is 2.32 bits per heavy atom. The number of rotatable bonds is 4. The standard InChI is InChI=1S/C13H16BrN3O2/c1-3-10(7-18)16-13(19)12-8(2)15-11-5-4-9(14)6-17(11)12/h4-6,10,18H,3,7H2,1-2H3,(H,16,19). The van der Waals surface area contributed by atoms with Crippen molar-refractivity contribution in [2.45, 2.75) is 26.3 Å². The monoisotopic (exact) mass is 325 g/mol. The van der Waals surface area contributed by atoms with Gasteiger partial charge in [0.1, 0.15) is 11.3 Å². The van der Waals surface area contributed by atoms with E-state index in [9.17, 15) is 4.79 Å². The van der Waals surface area contributed by atoms with E-state index in [2.05, 4.69) is 26.2 Å². The highest BCUT2D eigenvalue weighted by Gasteiger charge is 2.18. The van der Waals surface area contributed by atoms with Crippen molar-refractivity contribution in [3.8, 4) is 0 Å². The SMILES string of the molecule is CCC(CO)NC(=O)c1c(C)nc2ccc(Br)cn12. The molecule has 19 heavy (non-hydrogen) atoms. The third-order valence-electron chi connectivity index (χ3n) is 3.02. The van der Waals surface area contributed by atoms with Crippen molar-refractivity contribution < 1.29 is 9.90 Å². The van der Waals surface area contributed by atoms with Crippen LogP contribution in [0.1, 0.15) is 29.5 Å². The Bertz CT molecular complexity index is 605. The first-order valence-corrected chi connectivity index (χ1v) is 6.92. The zero-order chi connectivity index (χ0) is 14.0. The summed E-state index contributed by atoms with van der Waals surface area (Å²) in [7, 11) is 0. The lowest BCUT2D eigenvalue weighted by Crippen LogP contribution is -2.37. The third-order valence-corrected chi connectivity index (χ3v) is 3.49. The molecule has 2 aromatic heterocycles. The van der Waals surface area contributed by atoms with Crippen LogP contribution in [0.15, 0.2) is 22.8 Å². The zero-order valence-corrected chi connectivity index (χ0v) is 12.4. The first kappa shape index (κ1) is 14.0. The van der Waals surface area contributed by atoms with E-state index in [-0.39, 0.29) is 18.6 Å². The van der Waals surface area contributed by atoms with Gasteiger partial charge in [-0.25, -0.2) is 4.98 Å². The number of carbonyl (C=O) groups excluding carboxylic acids is 1. The second kappa shape index (κ2) is 5.71. The van der Waals surface area contributed by atoms with Crippen LogP contribution in [-0.4, -0.2) is 33.0 Å². The molecular weight excluding hydrogens is 310 g/mol. The van der Waals surface area contributed by atoms with Gasteiger partial charge in [-0.3, -0.25) is 9.20 Å². The van der Waals surface area contributed by atoms with Gasteiger partial charge in [-0.05, 0) is 41.4 Å². The molecule has 1 atom stereocenters. The van der Waals surface area contributed by atoms with Gasteiger partial charge < -0.3 is 10.4 Å². The van der Waals surface area contributed by atoms with E-state index < -0.39 is 0 Å². The summed E-state index contributed by atoms with van der Waals surface area (Å²) in [6.07, 6.45) is 2.49. The Morgan fingerprint density at radius 3 is 2.95 bits per heavy atom. The summed E-state index contributed by atoms with van der Waals surface area (Å²) in [5, 5.41) is 12.0. The summed E-state index contributed by atoms with van der Waals surface area (Å²) in [4.78, 5) is 16.6. The molecule has 5 nitrogen and oxygen atoms in total. The second-order valence-corrected chi connectivity index (χ2v) is 5.30. The average Bonchev–Trinajstić information content (AvgIpc) is 2.71. The van der Waals surface area contributed by atoms with Gasteiger partial charge in [-0.15, -0.1) is 0 Å². The van der Waals surface area contributed by atoms with Crippen molar-refractivity contribution >= 4 is 27.5 Å². The molecule has 0 aliphatic rings. The Labute approximate surface area is 119 Å². The van der Waals surface area contributed by atoms with E-state index in [0.717, 1.165) is 10.1 Å². The molecule has 0 saturated carbocycles. The maximum Gasteiger partial charge on any atom is 0.270 e. The van der Waals surface area contributed by atoms with Crippen molar-refractivity contribution in [3.05, 3.63) is 34.2 Å². The fourth-order valence-corrected chi connectivity index (χ4v) is 2.28. The van der Waals surface area contributed by atoms with Crippen LogP contribution in [0.3, 0.4) is 0 Å². The summed E-state index contributed by atoms with van der Waals surface area (Å²) in [6.45, 7) is 3.65. The van der Waals surface area contributed by atoms with E-state index in [1.54, 1.807) is 11.3 Å². The topological polar surface area (TPSA) is 66.6 Å². The van der Waals surface area contributed by atoms with Gasteiger partial charge >= 0.3 is 0 Å². The average molecular weight is 326 g/mol. The molecule has 0 radical (unpaired) electrons. The van der Waals surface area contributed by atoms with Gasteiger partial charge in [0.2, 0.25) is 0 Å². The first-order valence-electron chi connectivity index (χ1n) is 6.12. The fourth-order valence-electron chi connectivity index (χ4n) is 1.94. The summed E-state index contributed by atoms with van der Waals surface area (Å²) >= 11 is 3.38. The van der Waals surface area contributed by atoms with Gasteiger partial charge in [-0.1, -0.05) is 6.92 Å². The number of imidazole rings is 1. The molecule has 6 heteroatoms. The number of carbonyl (C=O) groups is 1. The van der Waals surface area contributed by atoms with Gasteiger partial charge in [0.25, 0.3) is 5.91 Å². The number of aryl methyl sites for hydroxylation is 1. The lowest BCUT2D eigenvalue weighted by Gasteiger charge is -2.14. The molecule has 0 bridgehead atoms. The van der Waals surface area contributed by atoms with Crippen LogP contribution in [-0.2, 0) is 0 Å². The summed E-state index contributed by atoms with van der Waals surface area (Å²) in [5.74, 6) is -0.219. The normalized spacial score (nSPS) is 12.6. The van der Waals surface area contributed by atoms with Crippen LogP contribution in [0.25, 0.3) is 5.65 Å². The van der Waals surface area contributed by atoms with Crippen LogP contribution >= 0.6 is 15.9 Å². The number of hydrogen-bond acceptors (Lipinski definition) is 3. The van der Waals surface area contributed by atoms with Gasteiger partial charge in [0, 0.05) is 10.7 Å². The number of aromatic nitrogens is 2. The maximum atomic E-state index is 12.3. The van der Waals surface area contributed by atoms with Crippen LogP contribution in [0, 0.1) is 6.92 Å². The molecule has 2 N–H and O–H groups in total. The minimum Gasteiger partial charge on any atom is -0.394 e. The molecule has 0 aliphatic heterocycles. The Balaban J connectivity index is 2.41. The highest BCUT2D eigenvalue weighted by atomic mass is 79.9. The number of hydrogen-bond donors (Lipinski definition) is 2. The van der Waals surface area contributed by atoms with Crippen LogP contribution in [0.4, 0.5) is 0 Å². The fraction of sp³-hybridized carbons (Fsp3) is 0.385. The molecule has 0 spiro atoms. The smallest absolute Gasteiger partial charge is 0.270 e. The predicted molar refractivity (Wildman–Crippen MR) is 76.3 cm³/mol. The Morgan fingerprint density at radius 1 is 1.58 bits per heavy atom. The highest BCUT2D eigenvalue weighted by Crippen LogP contribution is 2.16. The molecule has 0 fully saturated rings. The van der Waals surface area contributed by atoms with E-state index >= 15 is 0 Å². The molecule has 2 aromatic rings. The minimum atomic E-state index is -0.232. The van der Waals surface area contributed by atoms with Crippen molar-refractivity contribution in [1.29, 1.82) is 0 Å². The Kier molecular flexibility index (Phi) is 4.21. The number of pyridine rings is 1. The van der Waals surface area contributed by atoms with Crippen molar-refractivity contribution in [3.63, 3.8) is 0 Å². The van der Waals surface area contributed by atoms with Crippen LogP contribution < -0.4 is 5.32 Å². The molecule has 0 saturated heterocycles. The van der Waals surface area contributed by atoms with Gasteiger partial charge in [0.05, 0.1) is 18.3 Å². The molecule has 2 heterocycles. The lowest BCUT2D eigenvalue weighted by atomic mass is 10.2. The minimum absolute atomic E-state index is 0.0677. The van der Waals surface area contributed by atoms with E-state index in [1.165, 1.54) is 0 Å². The van der Waals surface area contributed by atoms with Gasteiger partial charge in [-0.2, -0.15) is 0 Å². The summed E-state index contributed by atoms with van der Waals surface area (Å²) in [5.41, 5.74) is 1.90. The molecule has 0 aromatic carbocycles. The van der Waals surface area contributed by atoms with E-state index in [0.29, 0.717) is 17.8 Å². The zero-order valence-electron chi connectivity index (χ0n) is 10.9. The number of aliphatic hydroxyl groups is 1. The summed E-state index contributed by atoms with van der Waals surface area (Å²) in [6, 6.07) is 3.49. The first-order chi connectivity index (χ1) is 9.06. The quantitative estimate of drug-likeness (QED) is 0.902. The molecule has 1 unspecified atom stereocenters. The largest absolute Gasteiger partial charge is 0.394 e. The number of nitrogens with one attached hydrogen (secondary N) is 1. The Hall–Kier alpha value is -1.40. The van der Waals surface area contributed by atoms with Gasteiger partial charge in [0.15, 0.2) is 0 Å². The molecule has 1 amide bonds.